The second kappa shape index (κ2) is 8.10. The summed E-state index contributed by atoms with van der Waals surface area (Å²) in [5, 5.41) is 0. The summed E-state index contributed by atoms with van der Waals surface area (Å²) in [5.41, 5.74) is 5.65. The van der Waals surface area contributed by atoms with Gasteiger partial charge in [-0.25, -0.2) is 4.98 Å². The Bertz CT molecular complexity index is 731. The Morgan fingerprint density at radius 2 is 2.00 bits per heavy atom. The molecule has 1 aliphatic carbocycles. The van der Waals surface area contributed by atoms with E-state index in [1.807, 2.05) is 0 Å². The molecule has 4 rings (SSSR count). The Hall–Kier alpha value is -2.11. The fourth-order valence-electron chi connectivity index (χ4n) is 5.45. The third-order valence-corrected chi connectivity index (χ3v) is 7.06. The smallest absolute Gasteiger partial charge is 0.252 e. The second-order valence-corrected chi connectivity index (χ2v) is 8.88. The van der Waals surface area contributed by atoms with Crippen molar-refractivity contribution in [2.45, 2.75) is 57.8 Å². The van der Waals surface area contributed by atoms with Crippen LogP contribution in [0.15, 0.2) is 18.3 Å². The minimum absolute atomic E-state index is 0.314. The zero-order valence-corrected chi connectivity index (χ0v) is 16.7. The molecule has 0 radical (unpaired) electrons. The monoisotopic (exact) mass is 384 g/mol. The van der Waals surface area contributed by atoms with Gasteiger partial charge in [0.2, 0.25) is 5.91 Å². The van der Waals surface area contributed by atoms with E-state index in [0.29, 0.717) is 23.8 Å². The SMILES string of the molecule is NC(=O)c1cccnc1N1CC[C@]2(CCCN(CCC3CCCCC3)C2=O)C1. The number of anilines is 1. The Kier molecular flexibility index (Phi) is 5.56. The third-order valence-electron chi connectivity index (χ3n) is 7.06. The summed E-state index contributed by atoms with van der Waals surface area (Å²) in [6.45, 7) is 3.19. The molecule has 2 saturated heterocycles. The summed E-state index contributed by atoms with van der Waals surface area (Å²) in [6.07, 6.45) is 12.4. The quantitative estimate of drug-likeness (QED) is 0.846. The summed E-state index contributed by atoms with van der Waals surface area (Å²) >= 11 is 0. The molecule has 3 heterocycles. The lowest BCUT2D eigenvalue weighted by molar-refractivity contribution is -0.145. The number of primary amides is 1. The van der Waals surface area contributed by atoms with E-state index >= 15 is 0 Å². The summed E-state index contributed by atoms with van der Waals surface area (Å²) in [4.78, 5) is 33.8. The van der Waals surface area contributed by atoms with Crippen LogP contribution in [0.25, 0.3) is 0 Å². The Morgan fingerprint density at radius 1 is 1.18 bits per heavy atom. The summed E-state index contributed by atoms with van der Waals surface area (Å²) in [6, 6.07) is 3.45. The molecular weight excluding hydrogens is 352 g/mol. The van der Waals surface area contributed by atoms with E-state index in [1.54, 1.807) is 18.3 Å². The highest BCUT2D eigenvalue weighted by atomic mass is 16.2. The molecule has 1 spiro atoms. The van der Waals surface area contributed by atoms with Crippen LogP contribution in [0.4, 0.5) is 5.82 Å². The van der Waals surface area contributed by atoms with E-state index in [0.717, 1.165) is 51.2 Å². The molecular formula is C22H32N4O2. The van der Waals surface area contributed by atoms with Gasteiger partial charge in [-0.2, -0.15) is 0 Å². The van der Waals surface area contributed by atoms with Crippen LogP contribution < -0.4 is 10.6 Å². The topological polar surface area (TPSA) is 79.5 Å². The van der Waals surface area contributed by atoms with Gasteiger partial charge in [0.15, 0.2) is 0 Å². The van der Waals surface area contributed by atoms with Gasteiger partial charge < -0.3 is 15.5 Å². The molecule has 1 atom stereocenters. The lowest BCUT2D eigenvalue weighted by Gasteiger charge is -2.40. The molecule has 2 N–H and O–H groups in total. The average Bonchev–Trinajstić information content (AvgIpc) is 3.15. The lowest BCUT2D eigenvalue weighted by Crippen LogP contribution is -2.50. The van der Waals surface area contributed by atoms with Crippen LogP contribution in [0.1, 0.15) is 68.1 Å². The van der Waals surface area contributed by atoms with E-state index in [-0.39, 0.29) is 5.41 Å². The maximum Gasteiger partial charge on any atom is 0.252 e. The predicted molar refractivity (Wildman–Crippen MR) is 109 cm³/mol. The van der Waals surface area contributed by atoms with Gasteiger partial charge in [0.1, 0.15) is 5.82 Å². The predicted octanol–water partition coefficient (Wildman–Crippen LogP) is 2.97. The van der Waals surface area contributed by atoms with Crippen LogP contribution in [0.5, 0.6) is 0 Å². The summed E-state index contributed by atoms with van der Waals surface area (Å²) in [7, 11) is 0. The molecule has 2 aliphatic heterocycles. The van der Waals surface area contributed by atoms with Crippen molar-refractivity contribution < 1.29 is 9.59 Å². The molecule has 6 nitrogen and oxygen atoms in total. The first-order valence-electron chi connectivity index (χ1n) is 10.9. The molecule has 1 aromatic heterocycles. The standard InChI is InChI=1S/C22H32N4O2/c23-19(27)18-8-4-12-24-20(18)26-15-11-22(16-26)10-5-13-25(21(22)28)14-9-17-6-2-1-3-7-17/h4,8,12,17H,1-3,5-7,9-11,13-16H2,(H2,23,27)/t22-/m1/s1. The summed E-state index contributed by atoms with van der Waals surface area (Å²) in [5.74, 6) is 1.27. The number of piperidine rings is 1. The number of nitrogens with zero attached hydrogens (tertiary/aromatic N) is 3. The Labute approximate surface area is 167 Å². The number of hydrogen-bond donors (Lipinski definition) is 1. The van der Waals surface area contributed by atoms with E-state index in [4.69, 9.17) is 5.73 Å². The van der Waals surface area contributed by atoms with E-state index in [9.17, 15) is 9.59 Å². The maximum atomic E-state index is 13.4. The number of carbonyl (C=O) groups excluding carboxylic acids is 2. The summed E-state index contributed by atoms with van der Waals surface area (Å²) < 4.78 is 0. The normalized spacial score (nSPS) is 26.2. The van der Waals surface area contributed by atoms with Crippen molar-refractivity contribution in [2.75, 3.05) is 31.1 Å². The molecule has 3 fully saturated rings. The van der Waals surface area contributed by atoms with Crippen LogP contribution in [-0.2, 0) is 4.79 Å². The van der Waals surface area contributed by atoms with Crippen molar-refractivity contribution in [1.29, 1.82) is 0 Å². The largest absolute Gasteiger partial charge is 0.365 e. The van der Waals surface area contributed by atoms with Crippen molar-refractivity contribution in [1.82, 2.24) is 9.88 Å². The fraction of sp³-hybridized carbons (Fsp3) is 0.682. The number of likely N-dealkylation sites (tertiary alicyclic amines) is 1. The number of hydrogen-bond acceptors (Lipinski definition) is 4. The van der Waals surface area contributed by atoms with Crippen LogP contribution in [0.2, 0.25) is 0 Å². The van der Waals surface area contributed by atoms with Gasteiger partial charge >= 0.3 is 0 Å². The number of carbonyl (C=O) groups is 2. The second-order valence-electron chi connectivity index (χ2n) is 8.88. The van der Waals surface area contributed by atoms with Crippen LogP contribution >= 0.6 is 0 Å². The van der Waals surface area contributed by atoms with Crippen LogP contribution in [0, 0.1) is 11.3 Å². The number of amides is 2. The van der Waals surface area contributed by atoms with Crippen molar-refractivity contribution in [2.24, 2.45) is 17.1 Å². The van der Waals surface area contributed by atoms with Gasteiger partial charge in [-0.1, -0.05) is 32.1 Å². The van der Waals surface area contributed by atoms with Gasteiger partial charge in [0.05, 0.1) is 11.0 Å². The first kappa shape index (κ1) is 19.2. The molecule has 1 aromatic rings. The highest BCUT2D eigenvalue weighted by Crippen LogP contribution is 2.42. The molecule has 0 unspecified atom stereocenters. The first-order chi connectivity index (χ1) is 13.6. The zero-order valence-electron chi connectivity index (χ0n) is 16.7. The number of aromatic nitrogens is 1. The van der Waals surface area contributed by atoms with Crippen molar-refractivity contribution in [3.8, 4) is 0 Å². The Morgan fingerprint density at radius 3 is 2.79 bits per heavy atom. The van der Waals surface area contributed by atoms with Gasteiger partial charge in [-0.3, -0.25) is 9.59 Å². The van der Waals surface area contributed by atoms with E-state index in [2.05, 4.69) is 14.8 Å². The zero-order chi connectivity index (χ0) is 19.6. The van der Waals surface area contributed by atoms with Crippen molar-refractivity contribution in [3.63, 3.8) is 0 Å². The number of pyridine rings is 1. The van der Waals surface area contributed by atoms with E-state index < -0.39 is 5.91 Å². The number of nitrogens with two attached hydrogens (primary N) is 1. The third kappa shape index (κ3) is 3.74. The van der Waals surface area contributed by atoms with Gasteiger partial charge in [0, 0.05) is 32.4 Å². The highest BCUT2D eigenvalue weighted by Gasteiger charge is 2.48. The molecule has 0 bridgehead atoms. The molecule has 3 aliphatic rings. The van der Waals surface area contributed by atoms with Gasteiger partial charge in [-0.15, -0.1) is 0 Å². The van der Waals surface area contributed by atoms with E-state index in [1.165, 1.54) is 32.1 Å². The molecule has 2 amide bonds. The molecule has 152 valence electrons. The molecule has 28 heavy (non-hydrogen) atoms. The average molecular weight is 385 g/mol. The van der Waals surface area contributed by atoms with Gasteiger partial charge in [-0.05, 0) is 43.7 Å². The highest BCUT2D eigenvalue weighted by molar-refractivity contribution is 5.98. The first-order valence-corrected chi connectivity index (χ1v) is 10.9. The molecule has 0 aromatic carbocycles. The van der Waals surface area contributed by atoms with Crippen LogP contribution in [-0.4, -0.2) is 47.9 Å². The van der Waals surface area contributed by atoms with Crippen molar-refractivity contribution in [3.05, 3.63) is 23.9 Å². The molecule has 1 saturated carbocycles. The van der Waals surface area contributed by atoms with Gasteiger partial charge in [0.25, 0.3) is 5.91 Å². The Balaban J connectivity index is 1.43. The molecule has 6 heteroatoms. The van der Waals surface area contributed by atoms with Crippen molar-refractivity contribution >= 4 is 17.6 Å². The lowest BCUT2D eigenvalue weighted by atomic mass is 9.78. The fourth-order valence-corrected chi connectivity index (χ4v) is 5.45. The van der Waals surface area contributed by atoms with Crippen LogP contribution in [0.3, 0.4) is 0 Å². The number of rotatable bonds is 5. The minimum atomic E-state index is -0.465. The minimum Gasteiger partial charge on any atom is -0.365 e. The maximum absolute atomic E-state index is 13.4.